The van der Waals surface area contributed by atoms with E-state index in [1.54, 1.807) is 11.8 Å². The van der Waals surface area contributed by atoms with Crippen LogP contribution in [-0.2, 0) is 0 Å². The molecule has 18 heavy (non-hydrogen) atoms. The van der Waals surface area contributed by atoms with Crippen molar-refractivity contribution in [2.24, 2.45) is 5.92 Å². The minimum atomic E-state index is -0.204. The van der Waals surface area contributed by atoms with Crippen LogP contribution in [0.25, 0.3) is 0 Å². The molecule has 0 bridgehead atoms. The molecule has 0 saturated carbocycles. The van der Waals surface area contributed by atoms with Gasteiger partial charge < -0.3 is 15.3 Å². The largest absolute Gasteiger partial charge is 0.504 e. The van der Waals surface area contributed by atoms with Crippen LogP contribution >= 0.6 is 0 Å². The topological polar surface area (TPSA) is 78.4 Å². The number of aryl methyl sites for hydroxylation is 1. The first-order chi connectivity index (χ1) is 8.66. The van der Waals surface area contributed by atoms with Crippen molar-refractivity contribution < 1.29 is 9.90 Å². The number of carbonyl (C=O) groups excluding carboxylic acids is 1. The van der Waals surface area contributed by atoms with Crippen molar-refractivity contribution in [3.8, 4) is 5.75 Å². The van der Waals surface area contributed by atoms with Crippen LogP contribution in [0, 0.1) is 12.8 Å². The van der Waals surface area contributed by atoms with Gasteiger partial charge >= 0.3 is 0 Å². The first-order valence-corrected chi connectivity index (χ1v) is 6.20. The number of carbonyl (C=O) groups is 1. The van der Waals surface area contributed by atoms with E-state index in [1.807, 2.05) is 0 Å². The molecule has 2 saturated heterocycles. The number of nitrogens with zero attached hydrogens (tertiary/aromatic N) is 3. The van der Waals surface area contributed by atoms with Crippen molar-refractivity contribution in [3.05, 3.63) is 17.7 Å². The van der Waals surface area contributed by atoms with Crippen molar-refractivity contribution in [3.63, 3.8) is 0 Å². The van der Waals surface area contributed by atoms with Crippen LogP contribution in [0.3, 0.4) is 0 Å². The highest BCUT2D eigenvalue weighted by Crippen LogP contribution is 2.26. The molecule has 96 valence electrons. The molecule has 2 aliphatic heterocycles. The number of aromatic nitrogens is 2. The lowest BCUT2D eigenvalue weighted by molar-refractivity contribution is 0.0510. The van der Waals surface area contributed by atoms with Crippen LogP contribution < -0.4 is 5.32 Å². The average molecular weight is 248 g/mol. The van der Waals surface area contributed by atoms with Crippen LogP contribution in [-0.4, -0.2) is 51.6 Å². The minimum Gasteiger partial charge on any atom is -0.504 e. The van der Waals surface area contributed by atoms with Crippen molar-refractivity contribution in [2.45, 2.75) is 19.4 Å². The van der Waals surface area contributed by atoms with Gasteiger partial charge in [-0.15, -0.1) is 0 Å². The van der Waals surface area contributed by atoms with Gasteiger partial charge in [0.15, 0.2) is 11.4 Å². The highest BCUT2D eigenvalue weighted by atomic mass is 16.3. The van der Waals surface area contributed by atoms with E-state index < -0.39 is 0 Å². The minimum absolute atomic E-state index is 0.105. The van der Waals surface area contributed by atoms with Crippen LogP contribution in [0.2, 0.25) is 0 Å². The predicted octanol–water partition coefficient (Wildman–Crippen LogP) is -0.0755. The van der Waals surface area contributed by atoms with Crippen molar-refractivity contribution in [1.29, 1.82) is 0 Å². The first-order valence-electron chi connectivity index (χ1n) is 6.20. The summed E-state index contributed by atoms with van der Waals surface area (Å²) in [6.45, 7) is 4.16. The van der Waals surface area contributed by atoms with Gasteiger partial charge in [-0.2, -0.15) is 0 Å². The maximum Gasteiger partial charge on any atom is 0.276 e. The normalized spacial score (nSPS) is 26.4. The third kappa shape index (κ3) is 1.73. The predicted molar refractivity (Wildman–Crippen MR) is 64.2 cm³/mol. The third-order valence-corrected chi connectivity index (χ3v) is 3.89. The molecule has 0 radical (unpaired) electrons. The number of hydrogen-bond acceptors (Lipinski definition) is 5. The van der Waals surface area contributed by atoms with Crippen molar-refractivity contribution >= 4 is 5.91 Å². The summed E-state index contributed by atoms with van der Waals surface area (Å²) in [5.41, 5.74) is 0.547. The van der Waals surface area contributed by atoms with Crippen LogP contribution in [0.1, 0.15) is 22.6 Å². The SMILES string of the molecule is Cc1ncnc(C(=O)N2CCC3CNC3C2)c1O. The number of piperidine rings is 1. The summed E-state index contributed by atoms with van der Waals surface area (Å²) < 4.78 is 0. The van der Waals surface area contributed by atoms with Gasteiger partial charge in [-0.3, -0.25) is 4.79 Å². The Balaban J connectivity index is 1.79. The Morgan fingerprint density at radius 3 is 3.06 bits per heavy atom. The lowest BCUT2D eigenvalue weighted by Gasteiger charge is -2.46. The molecular weight excluding hydrogens is 232 g/mol. The fourth-order valence-corrected chi connectivity index (χ4v) is 2.58. The molecule has 2 fully saturated rings. The smallest absolute Gasteiger partial charge is 0.276 e. The molecule has 0 aliphatic carbocycles. The Bertz CT molecular complexity index is 491. The van der Waals surface area contributed by atoms with Gasteiger partial charge in [0.25, 0.3) is 5.91 Å². The summed E-state index contributed by atoms with van der Waals surface area (Å²) in [5.74, 6) is 0.395. The molecular formula is C12H16N4O2. The van der Waals surface area contributed by atoms with E-state index in [0.29, 0.717) is 24.2 Å². The van der Waals surface area contributed by atoms with Gasteiger partial charge in [0.2, 0.25) is 0 Å². The number of nitrogens with one attached hydrogen (secondary N) is 1. The van der Waals surface area contributed by atoms with Gasteiger partial charge in [0, 0.05) is 19.1 Å². The van der Waals surface area contributed by atoms with E-state index in [9.17, 15) is 9.90 Å². The molecule has 6 heteroatoms. The molecule has 2 aliphatic rings. The van der Waals surface area contributed by atoms with Gasteiger partial charge in [-0.05, 0) is 25.8 Å². The average Bonchev–Trinajstić information content (AvgIpc) is 2.33. The molecule has 2 N–H and O–H groups in total. The Kier molecular flexibility index (Phi) is 2.66. The number of amides is 1. The molecule has 1 aromatic heterocycles. The quantitative estimate of drug-likeness (QED) is 0.727. The summed E-state index contributed by atoms with van der Waals surface area (Å²) in [6, 6.07) is 0.410. The van der Waals surface area contributed by atoms with E-state index in [0.717, 1.165) is 19.5 Å². The summed E-state index contributed by atoms with van der Waals surface area (Å²) in [6.07, 6.45) is 2.34. The van der Waals surface area contributed by atoms with E-state index in [1.165, 1.54) is 6.33 Å². The lowest BCUT2D eigenvalue weighted by Crippen LogP contribution is -2.62. The van der Waals surface area contributed by atoms with Crippen LogP contribution in [0.5, 0.6) is 5.75 Å². The van der Waals surface area contributed by atoms with Gasteiger partial charge in [-0.1, -0.05) is 0 Å². The number of rotatable bonds is 1. The number of likely N-dealkylation sites (tertiary alicyclic amines) is 1. The van der Waals surface area contributed by atoms with Crippen LogP contribution in [0.4, 0.5) is 0 Å². The summed E-state index contributed by atoms with van der Waals surface area (Å²) in [5, 5.41) is 13.2. The Morgan fingerprint density at radius 2 is 2.39 bits per heavy atom. The summed E-state index contributed by atoms with van der Waals surface area (Å²) in [7, 11) is 0. The molecule has 1 amide bonds. The standard InChI is InChI=1S/C12H16N4O2/c1-7-11(17)10(15-6-14-7)12(18)16-3-2-8-4-13-9(8)5-16/h6,8-9,13,17H,2-5H2,1H3. The monoisotopic (exact) mass is 248 g/mol. The fourth-order valence-electron chi connectivity index (χ4n) is 2.58. The zero-order valence-electron chi connectivity index (χ0n) is 10.3. The number of fused-ring (bicyclic) bond motifs is 1. The zero-order valence-corrected chi connectivity index (χ0v) is 10.3. The number of hydrogen-bond donors (Lipinski definition) is 2. The molecule has 2 atom stereocenters. The molecule has 3 heterocycles. The lowest BCUT2D eigenvalue weighted by atomic mass is 9.85. The molecule has 1 aromatic rings. The van der Waals surface area contributed by atoms with Crippen molar-refractivity contribution in [1.82, 2.24) is 20.2 Å². The molecule has 6 nitrogen and oxygen atoms in total. The second kappa shape index (κ2) is 4.20. The zero-order chi connectivity index (χ0) is 12.7. The summed E-state index contributed by atoms with van der Waals surface area (Å²) in [4.78, 5) is 21.8. The Hall–Kier alpha value is -1.69. The highest BCUT2D eigenvalue weighted by Gasteiger charge is 2.38. The molecule has 2 unspecified atom stereocenters. The second-order valence-electron chi connectivity index (χ2n) is 4.97. The highest BCUT2D eigenvalue weighted by molar-refractivity contribution is 5.95. The fraction of sp³-hybridized carbons (Fsp3) is 0.583. The van der Waals surface area contributed by atoms with Crippen molar-refractivity contribution in [2.75, 3.05) is 19.6 Å². The second-order valence-corrected chi connectivity index (χ2v) is 4.97. The third-order valence-electron chi connectivity index (χ3n) is 3.89. The maximum absolute atomic E-state index is 12.3. The van der Waals surface area contributed by atoms with E-state index in [2.05, 4.69) is 15.3 Å². The maximum atomic E-state index is 12.3. The summed E-state index contributed by atoms with van der Waals surface area (Å²) >= 11 is 0. The number of aromatic hydroxyl groups is 1. The van der Waals surface area contributed by atoms with Gasteiger partial charge in [0.1, 0.15) is 6.33 Å². The van der Waals surface area contributed by atoms with Crippen LogP contribution in [0.15, 0.2) is 6.33 Å². The molecule has 3 rings (SSSR count). The molecule has 0 aromatic carbocycles. The van der Waals surface area contributed by atoms with E-state index >= 15 is 0 Å². The first kappa shape index (κ1) is 11.4. The van der Waals surface area contributed by atoms with Gasteiger partial charge in [0.05, 0.1) is 5.69 Å². The van der Waals surface area contributed by atoms with E-state index in [4.69, 9.17) is 0 Å². The van der Waals surface area contributed by atoms with E-state index in [-0.39, 0.29) is 17.4 Å². The van der Waals surface area contributed by atoms with Gasteiger partial charge in [-0.25, -0.2) is 9.97 Å². The Labute approximate surface area is 105 Å². The Morgan fingerprint density at radius 1 is 1.56 bits per heavy atom. The molecule has 0 spiro atoms.